The number of alkyl halides is 4. The molecule has 12 heteroatoms. The third-order valence-electron chi connectivity index (χ3n) is 12.9. The molecule has 0 amide bonds. The van der Waals surface area contributed by atoms with Gasteiger partial charge in [0, 0.05) is 56.3 Å². The van der Waals surface area contributed by atoms with Crippen LogP contribution in [0.2, 0.25) is 0 Å². The van der Waals surface area contributed by atoms with E-state index in [0.717, 1.165) is 98.7 Å². The Morgan fingerprint density at radius 2 is 0.781 bits per heavy atom. The molecule has 8 bridgehead atoms. The summed E-state index contributed by atoms with van der Waals surface area (Å²) in [5, 5.41) is 8.15. The number of fused-ring (bicyclic) bond motifs is 20. The van der Waals surface area contributed by atoms with E-state index in [2.05, 4.69) is 84.9 Å². The van der Waals surface area contributed by atoms with Gasteiger partial charge in [0.25, 0.3) is 0 Å². The van der Waals surface area contributed by atoms with Crippen molar-refractivity contribution in [1.29, 1.82) is 0 Å². The summed E-state index contributed by atoms with van der Waals surface area (Å²) in [6.07, 6.45) is 0. The normalized spacial score (nSPS) is 18.0. The van der Waals surface area contributed by atoms with Crippen LogP contribution in [0.3, 0.4) is 0 Å². The van der Waals surface area contributed by atoms with E-state index < -0.39 is 5.66 Å². The maximum absolute atomic E-state index is 7.26. The Balaban J connectivity index is 1.18. The van der Waals surface area contributed by atoms with Crippen LogP contribution in [0.25, 0.3) is 43.1 Å². The van der Waals surface area contributed by atoms with Crippen LogP contribution in [0.5, 0.6) is 0 Å². The lowest BCUT2D eigenvalue weighted by molar-refractivity contribution is 0.544. The fourth-order valence-corrected chi connectivity index (χ4v) is 11.0. The zero-order valence-corrected chi connectivity index (χ0v) is 36.6. The molecule has 0 spiro atoms. The Kier molecular flexibility index (Phi) is 8.44. The van der Waals surface area contributed by atoms with Gasteiger partial charge < -0.3 is 0 Å². The monoisotopic (exact) mass is 906 g/mol. The Bertz CT molecular complexity index is 3700. The molecule has 306 valence electrons. The van der Waals surface area contributed by atoms with Crippen molar-refractivity contribution in [2.45, 2.75) is 17.4 Å². The highest BCUT2D eigenvalue weighted by molar-refractivity contribution is 6.37. The molecule has 0 saturated heterocycles. The first-order valence-corrected chi connectivity index (χ1v) is 22.9. The second kappa shape index (κ2) is 14.2. The summed E-state index contributed by atoms with van der Waals surface area (Å²) >= 11 is 28.4. The van der Waals surface area contributed by atoms with Crippen LogP contribution in [-0.4, -0.2) is 57.6 Å². The SMILES string of the molecule is ClCc1c2c(c(CCl)c3ccccc13)C1(CCl)N=C3N=C(N=C4N=C(c5cc6ccccc6cc54)N(CCl)C4=NC(=NC2=N1)c1cc2ccccc2cc14)c1cc2ccccc2cc13. The Hall–Kier alpha value is -6.55. The van der Waals surface area contributed by atoms with E-state index in [0.29, 0.717) is 40.8 Å². The van der Waals surface area contributed by atoms with Crippen molar-refractivity contribution in [1.82, 2.24) is 4.90 Å². The van der Waals surface area contributed by atoms with Gasteiger partial charge >= 0.3 is 0 Å². The van der Waals surface area contributed by atoms with E-state index in [1.54, 1.807) is 0 Å². The first-order valence-electron chi connectivity index (χ1n) is 20.8. The van der Waals surface area contributed by atoms with Gasteiger partial charge in [-0.1, -0.05) is 97.1 Å². The number of benzene rings is 8. The van der Waals surface area contributed by atoms with E-state index in [-0.39, 0.29) is 23.6 Å². The van der Waals surface area contributed by atoms with Gasteiger partial charge in [0.2, 0.25) is 0 Å². The van der Waals surface area contributed by atoms with Crippen molar-refractivity contribution in [3.8, 4) is 0 Å². The van der Waals surface area contributed by atoms with Crippen molar-refractivity contribution in [3.63, 3.8) is 0 Å². The van der Waals surface area contributed by atoms with Crippen molar-refractivity contribution < 1.29 is 0 Å². The molecule has 0 fully saturated rings. The number of aliphatic imine (C=N–C) groups is 7. The molecule has 0 N–H and O–H groups in total. The van der Waals surface area contributed by atoms with Crippen LogP contribution >= 0.6 is 46.4 Å². The molecule has 64 heavy (non-hydrogen) atoms. The highest BCUT2D eigenvalue weighted by atomic mass is 35.5. The fourth-order valence-electron chi connectivity index (χ4n) is 9.96. The predicted octanol–water partition coefficient (Wildman–Crippen LogP) is 12.1. The number of halogens is 4. The highest BCUT2D eigenvalue weighted by Crippen LogP contribution is 2.48. The molecule has 5 aliphatic rings. The molecule has 0 radical (unpaired) electrons. The van der Waals surface area contributed by atoms with Crippen LogP contribution in [0, 0.1) is 0 Å². The summed E-state index contributed by atoms with van der Waals surface area (Å²) in [5.74, 6) is 3.71. The Morgan fingerprint density at radius 3 is 1.25 bits per heavy atom. The maximum Gasteiger partial charge on any atom is 0.194 e. The van der Waals surface area contributed by atoms with Gasteiger partial charge in [-0.15, -0.1) is 46.4 Å². The molecule has 5 heterocycles. The molecule has 0 aromatic heterocycles. The summed E-state index contributed by atoms with van der Waals surface area (Å²) in [4.78, 5) is 39.7. The summed E-state index contributed by atoms with van der Waals surface area (Å²) in [5.41, 5.74) is 6.73. The predicted molar refractivity (Wildman–Crippen MR) is 266 cm³/mol. The summed E-state index contributed by atoms with van der Waals surface area (Å²) < 4.78 is 0. The number of amidine groups is 7. The van der Waals surface area contributed by atoms with E-state index >= 15 is 0 Å². The molecule has 1 unspecified atom stereocenters. The number of nitrogens with zero attached hydrogens (tertiary/aromatic N) is 8. The van der Waals surface area contributed by atoms with Crippen molar-refractivity contribution in [2.75, 3.05) is 11.9 Å². The molecule has 13 rings (SSSR count). The van der Waals surface area contributed by atoms with Gasteiger partial charge in [-0.05, 0) is 90.6 Å². The Labute approximate surface area is 386 Å². The minimum atomic E-state index is -1.42. The zero-order valence-electron chi connectivity index (χ0n) is 33.6. The van der Waals surface area contributed by atoms with Crippen molar-refractivity contribution in [3.05, 3.63) is 189 Å². The van der Waals surface area contributed by atoms with Gasteiger partial charge in [-0.2, -0.15) is 0 Å². The molecule has 0 aliphatic carbocycles. The summed E-state index contributed by atoms with van der Waals surface area (Å²) in [6.45, 7) is 0. The third kappa shape index (κ3) is 5.40. The maximum atomic E-state index is 7.26. The molecule has 8 aromatic rings. The van der Waals surface area contributed by atoms with Crippen LogP contribution in [0.4, 0.5) is 0 Å². The van der Waals surface area contributed by atoms with Crippen molar-refractivity contribution in [2.24, 2.45) is 34.9 Å². The Morgan fingerprint density at radius 1 is 0.406 bits per heavy atom. The second-order valence-electron chi connectivity index (χ2n) is 16.3. The smallest absolute Gasteiger partial charge is 0.194 e. The highest BCUT2D eigenvalue weighted by Gasteiger charge is 2.46. The molecule has 8 nitrogen and oxygen atoms in total. The lowest BCUT2D eigenvalue weighted by Gasteiger charge is -2.25. The van der Waals surface area contributed by atoms with E-state index in [9.17, 15) is 0 Å². The average molecular weight is 909 g/mol. The van der Waals surface area contributed by atoms with Crippen molar-refractivity contribution >= 4 is 130 Å². The van der Waals surface area contributed by atoms with Gasteiger partial charge in [0.05, 0.1) is 5.88 Å². The first kappa shape index (κ1) is 38.0. The van der Waals surface area contributed by atoms with Gasteiger partial charge in [-0.25, -0.2) is 34.9 Å². The minimum Gasteiger partial charge on any atom is -0.295 e. The quantitative estimate of drug-likeness (QED) is 0.128. The standard InChI is InChI=1S/C52H30Cl4N8/c53-23-41-33-15-7-8-16-34(33)42(24-54)44-43(41)49-59-47-38-20-30-12-4-6-14-32(30)22-40(38)51(61-47)64(26-56)50-39-21-31-13-5-3-11-29(31)19-37(39)46(60-50)57-45-35-17-27-9-1-2-10-28(27)18-36(35)48(58-45)62-52(44,25-55)63-49/h1-22H,23-26H2. The van der Waals surface area contributed by atoms with Crippen LogP contribution in [0.15, 0.2) is 168 Å². The topological polar surface area (TPSA) is 89.8 Å². The van der Waals surface area contributed by atoms with Crippen LogP contribution in [0.1, 0.15) is 55.6 Å². The molecule has 0 saturated carbocycles. The largest absolute Gasteiger partial charge is 0.295 e. The molecule has 1 atom stereocenters. The number of rotatable bonds is 4. The molecule has 8 aromatic carbocycles. The molecular weight excluding hydrogens is 878 g/mol. The van der Waals surface area contributed by atoms with Crippen LogP contribution in [-0.2, 0) is 17.4 Å². The second-order valence-corrected chi connectivity index (χ2v) is 17.3. The third-order valence-corrected chi connectivity index (χ3v) is 14.0. The molecular formula is C52H30Cl4N8. The van der Waals surface area contributed by atoms with E-state index in [4.69, 9.17) is 81.4 Å². The lowest BCUT2D eigenvalue weighted by Crippen LogP contribution is -2.36. The number of hydrogen-bond donors (Lipinski definition) is 0. The fraction of sp³-hybridized carbons (Fsp3) is 0.0962. The van der Waals surface area contributed by atoms with Gasteiger partial charge in [0.1, 0.15) is 17.7 Å². The van der Waals surface area contributed by atoms with Crippen LogP contribution < -0.4 is 0 Å². The van der Waals surface area contributed by atoms with Gasteiger partial charge in [0.15, 0.2) is 34.8 Å². The van der Waals surface area contributed by atoms with Gasteiger partial charge in [-0.3, -0.25) is 4.90 Å². The average Bonchev–Trinajstić information content (AvgIpc) is 4.05. The van der Waals surface area contributed by atoms with E-state index in [1.807, 2.05) is 53.4 Å². The summed E-state index contributed by atoms with van der Waals surface area (Å²) in [7, 11) is 0. The summed E-state index contributed by atoms with van der Waals surface area (Å²) in [6, 6.07) is 45.7. The first-order chi connectivity index (χ1) is 31.5. The zero-order chi connectivity index (χ0) is 42.8. The lowest BCUT2D eigenvalue weighted by atomic mass is 9.86. The minimum absolute atomic E-state index is 0.0317. The van der Waals surface area contributed by atoms with E-state index in [1.165, 1.54) is 0 Å². The molecule has 5 aliphatic heterocycles. The number of hydrogen-bond acceptors (Lipinski definition) is 8.